The Labute approximate surface area is 88.7 Å². The fourth-order valence-electron chi connectivity index (χ4n) is 1.00. The second kappa shape index (κ2) is 5.18. The van der Waals surface area contributed by atoms with Crippen LogP contribution >= 0.6 is 0 Å². The first-order chi connectivity index (χ1) is 7.17. The Morgan fingerprint density at radius 2 is 2.00 bits per heavy atom. The van der Waals surface area contributed by atoms with Gasteiger partial charge in [0.25, 0.3) is 0 Å². The molecule has 6 nitrogen and oxygen atoms in total. The zero-order chi connectivity index (χ0) is 11.3. The number of nitrogen functional groups attached to an aromatic ring is 1. The highest BCUT2D eigenvalue weighted by molar-refractivity contribution is 5.97. The zero-order valence-corrected chi connectivity index (χ0v) is 8.64. The van der Waals surface area contributed by atoms with Crippen LogP contribution in [-0.4, -0.2) is 17.5 Å². The molecule has 0 heterocycles. The number of hydrazine groups is 2. The second-order valence-electron chi connectivity index (χ2n) is 2.96. The number of benzene rings is 1. The molecule has 1 rings (SSSR count). The predicted molar refractivity (Wildman–Crippen MR) is 61.5 cm³/mol. The molecule has 7 N–H and O–H groups in total. The van der Waals surface area contributed by atoms with E-state index in [1.54, 1.807) is 0 Å². The molecule has 0 atom stereocenters. The van der Waals surface area contributed by atoms with E-state index in [1.807, 2.05) is 31.2 Å². The molecule has 0 bridgehead atoms. The number of nitrogens with zero attached hydrogens (tertiary/aromatic N) is 2. The maximum absolute atomic E-state index is 5.74. The van der Waals surface area contributed by atoms with Crippen LogP contribution in [0.2, 0.25) is 0 Å². The van der Waals surface area contributed by atoms with E-state index in [1.165, 1.54) is 5.12 Å². The van der Waals surface area contributed by atoms with Gasteiger partial charge in [-0.05, 0) is 31.2 Å². The number of hydrazone groups is 1. The summed E-state index contributed by atoms with van der Waals surface area (Å²) >= 11 is 0. The van der Waals surface area contributed by atoms with Crippen molar-refractivity contribution in [1.82, 2.24) is 5.12 Å². The van der Waals surface area contributed by atoms with Gasteiger partial charge in [0.15, 0.2) is 5.84 Å². The van der Waals surface area contributed by atoms with Gasteiger partial charge in [-0.15, -0.1) is 5.10 Å². The lowest BCUT2D eigenvalue weighted by Gasteiger charge is -2.10. The quantitative estimate of drug-likeness (QED) is 0.237. The Bertz CT molecular complexity index is 331. The molecule has 0 aliphatic heterocycles. The van der Waals surface area contributed by atoms with Crippen molar-refractivity contribution in [2.24, 2.45) is 22.5 Å². The van der Waals surface area contributed by atoms with Crippen LogP contribution < -0.4 is 22.8 Å². The molecule has 1 aromatic carbocycles. The van der Waals surface area contributed by atoms with Crippen LogP contribution in [0.25, 0.3) is 0 Å². The average molecular weight is 208 g/mol. The molecule has 0 unspecified atom stereocenters. The van der Waals surface area contributed by atoms with E-state index >= 15 is 0 Å². The second-order valence-corrected chi connectivity index (χ2v) is 2.96. The SMILES string of the molecule is CCN(N)/N=C(\N)c1ccc(NN)cc1. The minimum Gasteiger partial charge on any atom is -0.382 e. The van der Waals surface area contributed by atoms with Gasteiger partial charge in [0.05, 0.1) is 6.54 Å². The molecule has 0 aromatic heterocycles. The van der Waals surface area contributed by atoms with Gasteiger partial charge in [0, 0.05) is 11.3 Å². The summed E-state index contributed by atoms with van der Waals surface area (Å²) in [7, 11) is 0. The number of anilines is 1. The number of hydrogen-bond acceptors (Lipinski definition) is 5. The van der Waals surface area contributed by atoms with Crippen molar-refractivity contribution in [3.63, 3.8) is 0 Å². The highest BCUT2D eigenvalue weighted by atomic mass is 15.6. The van der Waals surface area contributed by atoms with Gasteiger partial charge in [0.2, 0.25) is 0 Å². The lowest BCUT2D eigenvalue weighted by Crippen LogP contribution is -2.29. The van der Waals surface area contributed by atoms with Crippen LogP contribution in [0.5, 0.6) is 0 Å². The van der Waals surface area contributed by atoms with Crippen LogP contribution in [0.3, 0.4) is 0 Å². The predicted octanol–water partition coefficient (Wildman–Crippen LogP) is -0.212. The van der Waals surface area contributed by atoms with Crippen molar-refractivity contribution in [2.45, 2.75) is 6.92 Å². The zero-order valence-electron chi connectivity index (χ0n) is 8.64. The third-order valence-electron chi connectivity index (χ3n) is 1.91. The lowest BCUT2D eigenvalue weighted by molar-refractivity contribution is 0.316. The number of amidine groups is 1. The van der Waals surface area contributed by atoms with Gasteiger partial charge in [0.1, 0.15) is 0 Å². The summed E-state index contributed by atoms with van der Waals surface area (Å²) in [6, 6.07) is 7.25. The van der Waals surface area contributed by atoms with E-state index in [-0.39, 0.29) is 0 Å². The van der Waals surface area contributed by atoms with E-state index in [9.17, 15) is 0 Å². The van der Waals surface area contributed by atoms with Gasteiger partial charge in [-0.2, -0.15) is 0 Å². The monoisotopic (exact) mass is 208 g/mol. The first kappa shape index (κ1) is 11.3. The Morgan fingerprint density at radius 3 is 2.47 bits per heavy atom. The van der Waals surface area contributed by atoms with Crippen molar-refractivity contribution in [1.29, 1.82) is 0 Å². The van der Waals surface area contributed by atoms with E-state index in [4.69, 9.17) is 17.4 Å². The van der Waals surface area contributed by atoms with Crippen LogP contribution in [-0.2, 0) is 0 Å². The Balaban J connectivity index is 2.82. The fourth-order valence-corrected chi connectivity index (χ4v) is 1.00. The largest absolute Gasteiger partial charge is 0.382 e. The Hall–Kier alpha value is -1.79. The summed E-state index contributed by atoms with van der Waals surface area (Å²) in [5.74, 6) is 11.1. The topological polar surface area (TPSA) is 106 Å². The summed E-state index contributed by atoms with van der Waals surface area (Å²) in [6.45, 7) is 2.49. The molecule has 0 spiro atoms. The molecule has 0 aliphatic carbocycles. The van der Waals surface area contributed by atoms with Gasteiger partial charge in [-0.25, -0.2) is 11.0 Å². The number of nitrogens with one attached hydrogen (secondary N) is 1. The molecular formula is C9H16N6. The Kier molecular flexibility index (Phi) is 3.90. The molecule has 0 radical (unpaired) electrons. The third kappa shape index (κ3) is 3.12. The van der Waals surface area contributed by atoms with E-state index in [2.05, 4.69) is 10.5 Å². The summed E-state index contributed by atoms with van der Waals surface area (Å²) in [5, 5.41) is 5.26. The van der Waals surface area contributed by atoms with Crippen LogP contribution in [0.4, 0.5) is 5.69 Å². The van der Waals surface area contributed by atoms with Crippen LogP contribution in [0.15, 0.2) is 29.4 Å². The molecule has 0 saturated carbocycles. The van der Waals surface area contributed by atoms with Crippen molar-refractivity contribution in [3.8, 4) is 0 Å². The summed E-state index contributed by atoms with van der Waals surface area (Å²) in [4.78, 5) is 0. The molecule has 0 fully saturated rings. The Morgan fingerprint density at radius 1 is 1.40 bits per heavy atom. The normalized spacial score (nSPS) is 11.3. The van der Waals surface area contributed by atoms with Crippen molar-refractivity contribution >= 4 is 11.5 Å². The maximum Gasteiger partial charge on any atom is 0.152 e. The molecule has 1 aromatic rings. The van der Waals surface area contributed by atoms with Gasteiger partial charge >= 0.3 is 0 Å². The van der Waals surface area contributed by atoms with E-state index < -0.39 is 0 Å². The highest BCUT2D eigenvalue weighted by Crippen LogP contribution is 2.07. The molecule has 0 amide bonds. The van der Waals surface area contributed by atoms with E-state index in [0.717, 1.165) is 11.3 Å². The van der Waals surface area contributed by atoms with Crippen molar-refractivity contribution < 1.29 is 0 Å². The third-order valence-corrected chi connectivity index (χ3v) is 1.91. The molecule has 6 heteroatoms. The average Bonchev–Trinajstić information content (AvgIpc) is 2.29. The molecular weight excluding hydrogens is 192 g/mol. The summed E-state index contributed by atoms with van der Waals surface area (Å²) in [6.07, 6.45) is 0. The van der Waals surface area contributed by atoms with Gasteiger partial charge in [-0.1, -0.05) is 0 Å². The van der Waals surface area contributed by atoms with Gasteiger partial charge < -0.3 is 11.2 Å². The van der Waals surface area contributed by atoms with Gasteiger partial charge in [-0.3, -0.25) is 5.84 Å². The minimum absolute atomic E-state index is 0.378. The first-order valence-corrected chi connectivity index (χ1v) is 4.60. The van der Waals surface area contributed by atoms with E-state index in [0.29, 0.717) is 12.4 Å². The molecule has 15 heavy (non-hydrogen) atoms. The highest BCUT2D eigenvalue weighted by Gasteiger charge is 1.99. The van der Waals surface area contributed by atoms with Crippen LogP contribution in [0, 0.1) is 0 Å². The summed E-state index contributed by atoms with van der Waals surface area (Å²) < 4.78 is 0. The lowest BCUT2D eigenvalue weighted by atomic mass is 10.2. The smallest absolute Gasteiger partial charge is 0.152 e. The molecule has 0 aliphatic rings. The molecule has 82 valence electrons. The van der Waals surface area contributed by atoms with Crippen molar-refractivity contribution in [3.05, 3.63) is 29.8 Å². The maximum atomic E-state index is 5.74. The fraction of sp³-hybridized carbons (Fsp3) is 0.222. The number of hydrogen-bond donors (Lipinski definition) is 4. The number of nitrogens with two attached hydrogens (primary N) is 3. The standard InChI is InChI=1S/C9H16N6/c1-2-15(12)14-9(10)7-3-5-8(13-11)6-4-7/h3-6,13H,2,11-12H2,1H3,(H2,10,14). The minimum atomic E-state index is 0.378. The summed E-state index contributed by atoms with van der Waals surface area (Å²) in [5.41, 5.74) is 9.88. The number of rotatable bonds is 4. The first-order valence-electron chi connectivity index (χ1n) is 4.60. The molecule has 0 saturated heterocycles. The van der Waals surface area contributed by atoms with Crippen LogP contribution in [0.1, 0.15) is 12.5 Å². The van der Waals surface area contributed by atoms with Crippen molar-refractivity contribution in [2.75, 3.05) is 12.0 Å².